The second-order valence-electron chi connectivity index (χ2n) is 8.99. The van der Waals surface area contributed by atoms with E-state index in [-0.39, 0.29) is 28.5 Å². The van der Waals surface area contributed by atoms with Gasteiger partial charge in [-0.25, -0.2) is 8.42 Å². The Kier molecular flexibility index (Phi) is 6.31. The predicted octanol–water partition coefficient (Wildman–Crippen LogP) is 6.35. The fourth-order valence-corrected chi connectivity index (χ4v) is 6.26. The third-order valence-electron chi connectivity index (χ3n) is 6.86. The standard InChI is InChI=1S/C27H25F3N2O4S/c1-35-24-11-5-10-21(26(24)36-2)25-20-9-4-8-19(20)22-15-18(12-13-23(22)31-25)37(33,34)32-17-7-3-6-16(14-17)27(28,29)30/h3-8,10-15,19-20,25,31-32H,9H2,1-2H3/t19-,20+,25-/m1/s1. The summed E-state index contributed by atoms with van der Waals surface area (Å²) in [5.74, 6) is 1.31. The maximum Gasteiger partial charge on any atom is 0.416 e. The molecule has 0 aromatic heterocycles. The number of hydrogen-bond donors (Lipinski definition) is 2. The molecule has 2 N–H and O–H groups in total. The van der Waals surface area contributed by atoms with Gasteiger partial charge in [0.1, 0.15) is 0 Å². The molecule has 1 heterocycles. The van der Waals surface area contributed by atoms with Crippen LogP contribution in [0.25, 0.3) is 0 Å². The lowest BCUT2D eigenvalue weighted by Gasteiger charge is -2.38. The molecule has 0 amide bonds. The molecule has 3 atom stereocenters. The Labute approximate surface area is 213 Å². The molecule has 0 spiro atoms. The third-order valence-corrected chi connectivity index (χ3v) is 8.23. The van der Waals surface area contributed by atoms with Crippen molar-refractivity contribution in [2.45, 2.75) is 29.5 Å². The van der Waals surface area contributed by atoms with Gasteiger partial charge in [-0.2, -0.15) is 13.2 Å². The third kappa shape index (κ3) is 4.61. The monoisotopic (exact) mass is 530 g/mol. The van der Waals surface area contributed by atoms with Gasteiger partial charge in [0.05, 0.1) is 30.7 Å². The summed E-state index contributed by atoms with van der Waals surface area (Å²) >= 11 is 0. The van der Waals surface area contributed by atoms with Crippen LogP contribution in [0, 0.1) is 5.92 Å². The summed E-state index contributed by atoms with van der Waals surface area (Å²) in [4.78, 5) is -0.0260. The van der Waals surface area contributed by atoms with E-state index in [0.717, 1.165) is 35.4 Å². The van der Waals surface area contributed by atoms with E-state index in [1.54, 1.807) is 26.4 Å². The fourth-order valence-electron chi connectivity index (χ4n) is 5.18. The van der Waals surface area contributed by atoms with Gasteiger partial charge in [0.15, 0.2) is 11.5 Å². The molecule has 1 aliphatic carbocycles. The van der Waals surface area contributed by atoms with Gasteiger partial charge in [-0.15, -0.1) is 0 Å². The zero-order valence-electron chi connectivity index (χ0n) is 20.0. The number of fused-ring (bicyclic) bond motifs is 3. The molecule has 0 radical (unpaired) electrons. The number of rotatable bonds is 6. The van der Waals surface area contributed by atoms with Gasteiger partial charge < -0.3 is 14.8 Å². The van der Waals surface area contributed by atoms with Crippen molar-refractivity contribution in [2.75, 3.05) is 24.3 Å². The first-order valence-corrected chi connectivity index (χ1v) is 13.1. The summed E-state index contributed by atoms with van der Waals surface area (Å²) in [5.41, 5.74) is 1.44. The zero-order valence-corrected chi connectivity index (χ0v) is 20.9. The first-order chi connectivity index (χ1) is 17.6. The van der Waals surface area contributed by atoms with Crippen LogP contribution in [-0.4, -0.2) is 22.6 Å². The van der Waals surface area contributed by atoms with Crippen molar-refractivity contribution in [1.29, 1.82) is 0 Å². The molecule has 0 unspecified atom stereocenters. The van der Waals surface area contributed by atoms with Gasteiger partial charge in [0.2, 0.25) is 0 Å². The van der Waals surface area contributed by atoms with Crippen LogP contribution in [0.3, 0.4) is 0 Å². The van der Waals surface area contributed by atoms with Crippen LogP contribution < -0.4 is 19.5 Å². The van der Waals surface area contributed by atoms with E-state index < -0.39 is 21.8 Å². The van der Waals surface area contributed by atoms with Crippen molar-refractivity contribution >= 4 is 21.4 Å². The maximum atomic E-state index is 13.1. The van der Waals surface area contributed by atoms with Crippen LogP contribution in [0.5, 0.6) is 11.5 Å². The number of sulfonamides is 1. The van der Waals surface area contributed by atoms with Gasteiger partial charge in [0, 0.05) is 22.9 Å². The minimum Gasteiger partial charge on any atom is -0.493 e. The van der Waals surface area contributed by atoms with Crippen molar-refractivity contribution in [3.05, 3.63) is 89.5 Å². The molecule has 1 aliphatic heterocycles. The van der Waals surface area contributed by atoms with E-state index in [1.165, 1.54) is 18.2 Å². The van der Waals surface area contributed by atoms with E-state index in [9.17, 15) is 21.6 Å². The number of halogens is 3. The van der Waals surface area contributed by atoms with Gasteiger partial charge in [-0.1, -0.05) is 30.4 Å². The first-order valence-electron chi connectivity index (χ1n) is 11.6. The number of methoxy groups -OCH3 is 2. The van der Waals surface area contributed by atoms with Crippen LogP contribution in [0.15, 0.2) is 77.7 Å². The Bertz CT molecular complexity index is 1470. The van der Waals surface area contributed by atoms with Crippen LogP contribution in [0.1, 0.15) is 35.1 Å². The van der Waals surface area contributed by atoms with Crippen molar-refractivity contribution in [3.63, 3.8) is 0 Å². The minimum atomic E-state index is -4.58. The van der Waals surface area contributed by atoms with Crippen molar-refractivity contribution in [2.24, 2.45) is 5.92 Å². The lowest BCUT2D eigenvalue weighted by Crippen LogP contribution is -2.29. The Morgan fingerprint density at radius 1 is 0.973 bits per heavy atom. The number of hydrogen-bond acceptors (Lipinski definition) is 5. The summed E-state index contributed by atoms with van der Waals surface area (Å²) < 4.78 is 78.9. The van der Waals surface area contributed by atoms with E-state index in [4.69, 9.17) is 9.47 Å². The highest BCUT2D eigenvalue weighted by Crippen LogP contribution is 2.52. The lowest BCUT2D eigenvalue weighted by atomic mass is 9.77. The molecule has 5 rings (SSSR count). The molecular formula is C27H25F3N2O4S. The van der Waals surface area contributed by atoms with E-state index >= 15 is 0 Å². The Hall–Kier alpha value is -3.66. The summed E-state index contributed by atoms with van der Waals surface area (Å²) in [6.07, 6.45) is 0.348. The molecule has 0 saturated heterocycles. The second kappa shape index (κ2) is 9.33. The molecule has 2 aliphatic rings. The quantitative estimate of drug-likeness (QED) is 0.363. The van der Waals surface area contributed by atoms with Crippen LogP contribution >= 0.6 is 0 Å². The largest absolute Gasteiger partial charge is 0.493 e. The van der Waals surface area contributed by atoms with Crippen molar-refractivity contribution in [1.82, 2.24) is 0 Å². The number of alkyl halides is 3. The second-order valence-corrected chi connectivity index (χ2v) is 10.7. The van der Waals surface area contributed by atoms with E-state index in [0.29, 0.717) is 11.5 Å². The molecule has 6 nitrogen and oxygen atoms in total. The highest BCUT2D eigenvalue weighted by atomic mass is 32.2. The van der Waals surface area contributed by atoms with E-state index in [2.05, 4.69) is 22.2 Å². The van der Waals surface area contributed by atoms with Gasteiger partial charge in [-0.05, 0) is 60.4 Å². The number of anilines is 2. The van der Waals surface area contributed by atoms with Crippen molar-refractivity contribution < 1.29 is 31.1 Å². The Balaban J connectivity index is 1.48. The minimum absolute atomic E-state index is 0.0260. The van der Waals surface area contributed by atoms with Crippen LogP contribution in [-0.2, 0) is 16.2 Å². The molecule has 37 heavy (non-hydrogen) atoms. The number of benzene rings is 3. The normalized spacial score (nSPS) is 20.5. The average molecular weight is 531 g/mol. The molecule has 0 fully saturated rings. The molecule has 3 aromatic rings. The number of ether oxygens (including phenoxy) is 2. The molecule has 194 valence electrons. The maximum absolute atomic E-state index is 13.1. The van der Waals surface area contributed by atoms with Gasteiger partial charge in [0.25, 0.3) is 10.0 Å². The fraction of sp³-hybridized carbons (Fsp3) is 0.259. The lowest BCUT2D eigenvalue weighted by molar-refractivity contribution is -0.137. The summed E-state index contributed by atoms with van der Waals surface area (Å²) in [7, 11) is -0.951. The van der Waals surface area contributed by atoms with Gasteiger partial charge in [-0.3, -0.25) is 4.72 Å². The van der Waals surface area contributed by atoms with Crippen molar-refractivity contribution in [3.8, 4) is 11.5 Å². The molecule has 0 bridgehead atoms. The smallest absolute Gasteiger partial charge is 0.416 e. The summed E-state index contributed by atoms with van der Waals surface area (Å²) in [6, 6.07) is 14.5. The van der Waals surface area contributed by atoms with Gasteiger partial charge >= 0.3 is 6.18 Å². The summed E-state index contributed by atoms with van der Waals surface area (Å²) in [5, 5.41) is 3.55. The molecular weight excluding hydrogens is 505 g/mol. The number of allylic oxidation sites excluding steroid dienone is 2. The molecule has 0 saturated carbocycles. The zero-order chi connectivity index (χ0) is 26.4. The highest BCUT2D eigenvalue weighted by molar-refractivity contribution is 7.92. The first kappa shape index (κ1) is 25.0. The average Bonchev–Trinajstić information content (AvgIpc) is 3.37. The van der Waals surface area contributed by atoms with Crippen LogP contribution in [0.4, 0.5) is 24.5 Å². The predicted molar refractivity (Wildman–Crippen MR) is 135 cm³/mol. The number of para-hydroxylation sites is 1. The Morgan fingerprint density at radius 2 is 1.76 bits per heavy atom. The number of nitrogens with one attached hydrogen (secondary N) is 2. The Morgan fingerprint density at radius 3 is 2.49 bits per heavy atom. The SMILES string of the molecule is COc1cccc([C@@H]2Nc3ccc(S(=O)(=O)Nc4cccc(C(F)(F)F)c4)cc3[C@@H]3C=CC[C@@H]32)c1OC. The molecule has 10 heteroatoms. The topological polar surface area (TPSA) is 76.7 Å². The molecule has 3 aromatic carbocycles. The van der Waals surface area contributed by atoms with Crippen LogP contribution in [0.2, 0.25) is 0 Å². The summed E-state index contributed by atoms with van der Waals surface area (Å²) in [6.45, 7) is 0. The van der Waals surface area contributed by atoms with E-state index in [1.807, 2.05) is 18.2 Å². The highest BCUT2D eigenvalue weighted by Gasteiger charge is 2.40.